The van der Waals surface area contributed by atoms with Gasteiger partial charge < -0.3 is 4.74 Å². The molecule has 1 aliphatic rings. The Morgan fingerprint density at radius 1 is 1.30 bits per heavy atom. The van der Waals surface area contributed by atoms with E-state index in [4.69, 9.17) is 4.74 Å². The van der Waals surface area contributed by atoms with Gasteiger partial charge in [0, 0.05) is 25.8 Å². The van der Waals surface area contributed by atoms with Gasteiger partial charge in [0.2, 0.25) is 10.0 Å². The third-order valence-electron chi connectivity index (χ3n) is 3.25. The second-order valence-corrected chi connectivity index (χ2v) is 6.37. The van der Waals surface area contributed by atoms with Crippen LogP contribution in [0.5, 0.6) is 0 Å². The van der Waals surface area contributed by atoms with E-state index in [0.717, 1.165) is 12.8 Å². The molecule has 1 aromatic rings. The number of hydrogen-bond donors (Lipinski definition) is 1. The molecule has 110 valence electrons. The monoisotopic (exact) mass is 300 g/mol. The Morgan fingerprint density at radius 2 is 1.95 bits per heavy atom. The average molecular weight is 300 g/mol. The molecule has 0 unspecified atom stereocenters. The number of hydrogen-bond acceptors (Lipinski definition) is 5. The van der Waals surface area contributed by atoms with Crippen LogP contribution in [0.2, 0.25) is 0 Å². The molecule has 0 radical (unpaired) electrons. The summed E-state index contributed by atoms with van der Waals surface area (Å²) in [5, 5.41) is 10.9. The number of nitrogens with zero attached hydrogens (tertiary/aromatic N) is 1. The lowest BCUT2D eigenvalue weighted by Crippen LogP contribution is -2.32. The molecule has 2 rings (SSSR count). The molecular formula is C12H16N2O5S. The van der Waals surface area contributed by atoms with Crippen LogP contribution >= 0.6 is 0 Å². The molecule has 0 atom stereocenters. The second kappa shape index (κ2) is 6.29. The first-order chi connectivity index (χ1) is 9.50. The zero-order valence-electron chi connectivity index (χ0n) is 10.8. The number of nitro benzene ring substituents is 1. The van der Waals surface area contributed by atoms with Gasteiger partial charge in [0.15, 0.2) is 4.90 Å². The lowest BCUT2D eigenvalue weighted by atomic mass is 10.0. The van der Waals surface area contributed by atoms with Gasteiger partial charge in [-0.2, -0.15) is 0 Å². The van der Waals surface area contributed by atoms with Crippen molar-refractivity contribution in [1.82, 2.24) is 4.72 Å². The van der Waals surface area contributed by atoms with Crippen LogP contribution in [0.25, 0.3) is 0 Å². The van der Waals surface area contributed by atoms with Crippen molar-refractivity contribution in [2.45, 2.75) is 17.7 Å². The van der Waals surface area contributed by atoms with Gasteiger partial charge >= 0.3 is 0 Å². The summed E-state index contributed by atoms with van der Waals surface area (Å²) in [5.74, 6) is 0.210. The maximum Gasteiger partial charge on any atom is 0.289 e. The Morgan fingerprint density at radius 3 is 2.60 bits per heavy atom. The molecule has 7 nitrogen and oxygen atoms in total. The molecule has 0 aliphatic carbocycles. The van der Waals surface area contributed by atoms with Crippen LogP contribution in [-0.4, -0.2) is 33.1 Å². The lowest BCUT2D eigenvalue weighted by molar-refractivity contribution is -0.387. The minimum Gasteiger partial charge on any atom is -0.381 e. The van der Waals surface area contributed by atoms with E-state index in [9.17, 15) is 18.5 Å². The summed E-state index contributed by atoms with van der Waals surface area (Å²) in [7, 11) is -3.87. The Kier molecular flexibility index (Phi) is 4.69. The summed E-state index contributed by atoms with van der Waals surface area (Å²) in [5.41, 5.74) is -0.410. The highest BCUT2D eigenvalue weighted by molar-refractivity contribution is 7.89. The van der Waals surface area contributed by atoms with Gasteiger partial charge in [-0.3, -0.25) is 10.1 Å². The van der Waals surface area contributed by atoms with Gasteiger partial charge in [-0.15, -0.1) is 0 Å². The molecule has 8 heteroatoms. The first-order valence-electron chi connectivity index (χ1n) is 6.31. The highest BCUT2D eigenvalue weighted by Crippen LogP contribution is 2.23. The number of benzene rings is 1. The molecule has 1 aromatic carbocycles. The second-order valence-electron chi connectivity index (χ2n) is 4.63. The van der Waals surface area contributed by atoms with Crippen molar-refractivity contribution in [2.75, 3.05) is 19.8 Å². The zero-order chi connectivity index (χ0) is 14.6. The summed E-state index contributed by atoms with van der Waals surface area (Å²) in [6.07, 6.45) is 1.58. The summed E-state index contributed by atoms with van der Waals surface area (Å²) in [4.78, 5) is 9.89. The predicted molar refractivity (Wildman–Crippen MR) is 71.8 cm³/mol. The molecule has 20 heavy (non-hydrogen) atoms. The molecule has 0 saturated carbocycles. The van der Waals surface area contributed by atoms with E-state index in [2.05, 4.69) is 4.72 Å². The maximum atomic E-state index is 12.2. The third kappa shape index (κ3) is 3.53. The topological polar surface area (TPSA) is 98.5 Å². The number of ether oxygens (including phenoxy) is 1. The number of para-hydroxylation sites is 1. The Bertz CT molecular complexity index is 581. The molecule has 1 aliphatic heterocycles. The molecule has 0 bridgehead atoms. The average Bonchev–Trinajstić information content (AvgIpc) is 2.46. The molecule has 0 amide bonds. The molecule has 1 heterocycles. The van der Waals surface area contributed by atoms with Crippen molar-refractivity contribution in [3.8, 4) is 0 Å². The van der Waals surface area contributed by atoms with Crippen LogP contribution in [0, 0.1) is 16.0 Å². The van der Waals surface area contributed by atoms with E-state index in [1.807, 2.05) is 0 Å². The fourth-order valence-electron chi connectivity index (χ4n) is 2.09. The smallest absolute Gasteiger partial charge is 0.289 e. The number of nitrogens with one attached hydrogen (secondary N) is 1. The Labute approximate surface area is 117 Å². The minimum absolute atomic E-state index is 0.210. The highest BCUT2D eigenvalue weighted by Gasteiger charge is 2.26. The number of sulfonamides is 1. The summed E-state index contributed by atoms with van der Waals surface area (Å²) < 4.78 is 32.0. The van der Waals surface area contributed by atoms with Crippen LogP contribution in [-0.2, 0) is 14.8 Å². The van der Waals surface area contributed by atoms with Crippen molar-refractivity contribution in [2.24, 2.45) is 5.92 Å². The van der Waals surface area contributed by atoms with Crippen molar-refractivity contribution < 1.29 is 18.1 Å². The van der Waals surface area contributed by atoms with Crippen LogP contribution in [0.15, 0.2) is 29.2 Å². The van der Waals surface area contributed by atoms with Gasteiger partial charge in [-0.1, -0.05) is 12.1 Å². The highest BCUT2D eigenvalue weighted by atomic mass is 32.2. The first kappa shape index (κ1) is 14.9. The van der Waals surface area contributed by atoms with Crippen LogP contribution in [0.1, 0.15) is 12.8 Å². The van der Waals surface area contributed by atoms with E-state index in [0.29, 0.717) is 13.2 Å². The number of rotatable bonds is 5. The van der Waals surface area contributed by atoms with E-state index >= 15 is 0 Å². The van der Waals surface area contributed by atoms with Crippen molar-refractivity contribution in [3.05, 3.63) is 34.4 Å². The third-order valence-corrected chi connectivity index (χ3v) is 4.73. The summed E-state index contributed by atoms with van der Waals surface area (Å²) in [6.45, 7) is 1.52. The SMILES string of the molecule is O=[N+]([O-])c1ccccc1S(=O)(=O)NCC1CCOCC1. The van der Waals surface area contributed by atoms with Gasteiger partial charge in [0.1, 0.15) is 0 Å². The molecule has 1 fully saturated rings. The van der Waals surface area contributed by atoms with Crippen molar-refractivity contribution in [1.29, 1.82) is 0 Å². The first-order valence-corrected chi connectivity index (χ1v) is 7.80. The Balaban J connectivity index is 2.12. The molecular weight excluding hydrogens is 284 g/mol. The molecule has 1 N–H and O–H groups in total. The van der Waals surface area contributed by atoms with Crippen LogP contribution in [0.4, 0.5) is 5.69 Å². The van der Waals surface area contributed by atoms with Crippen molar-refractivity contribution in [3.63, 3.8) is 0 Å². The number of nitro groups is 1. The molecule has 1 saturated heterocycles. The standard InChI is InChI=1S/C12H16N2O5S/c15-14(16)11-3-1-2-4-12(11)20(17,18)13-9-10-5-7-19-8-6-10/h1-4,10,13H,5-9H2. The largest absolute Gasteiger partial charge is 0.381 e. The van der Waals surface area contributed by atoms with E-state index in [-0.39, 0.29) is 17.4 Å². The maximum absolute atomic E-state index is 12.2. The Hall–Kier alpha value is -1.51. The van der Waals surface area contributed by atoms with E-state index in [1.165, 1.54) is 24.3 Å². The zero-order valence-corrected chi connectivity index (χ0v) is 11.6. The predicted octanol–water partition coefficient (Wildman–Crippen LogP) is 1.30. The van der Waals surface area contributed by atoms with Gasteiger partial charge in [0.25, 0.3) is 5.69 Å². The summed E-state index contributed by atoms with van der Waals surface area (Å²) >= 11 is 0. The van der Waals surface area contributed by atoms with Crippen LogP contribution in [0.3, 0.4) is 0 Å². The lowest BCUT2D eigenvalue weighted by Gasteiger charge is -2.22. The van der Waals surface area contributed by atoms with E-state index in [1.54, 1.807) is 0 Å². The van der Waals surface area contributed by atoms with Crippen LogP contribution < -0.4 is 4.72 Å². The van der Waals surface area contributed by atoms with Crippen molar-refractivity contribution >= 4 is 15.7 Å². The molecule has 0 spiro atoms. The van der Waals surface area contributed by atoms with Gasteiger partial charge in [-0.25, -0.2) is 13.1 Å². The normalized spacial score (nSPS) is 17.0. The minimum atomic E-state index is -3.87. The van der Waals surface area contributed by atoms with Gasteiger partial charge in [-0.05, 0) is 24.8 Å². The van der Waals surface area contributed by atoms with Gasteiger partial charge in [0.05, 0.1) is 4.92 Å². The fourth-order valence-corrected chi connectivity index (χ4v) is 3.38. The van der Waals surface area contributed by atoms with E-state index < -0.39 is 20.6 Å². The fraction of sp³-hybridized carbons (Fsp3) is 0.500. The molecule has 0 aromatic heterocycles. The summed E-state index contributed by atoms with van der Waals surface area (Å²) in [6, 6.07) is 5.33. The quantitative estimate of drug-likeness (QED) is 0.652.